The molecule has 0 aliphatic carbocycles. The van der Waals surface area contributed by atoms with E-state index >= 15 is 0 Å². The van der Waals surface area contributed by atoms with Crippen LogP contribution in [0.25, 0.3) is 0 Å². The van der Waals surface area contributed by atoms with Crippen LogP contribution in [-0.2, 0) is 14.8 Å². The van der Waals surface area contributed by atoms with E-state index in [2.05, 4.69) is 9.71 Å². The number of carbonyl (C=O) groups is 1. The Balaban J connectivity index is 2.12. The van der Waals surface area contributed by atoms with Crippen molar-refractivity contribution in [3.8, 4) is 0 Å². The van der Waals surface area contributed by atoms with Crippen LogP contribution in [0.2, 0.25) is 5.15 Å². The molecule has 0 bridgehead atoms. The molecular formula is C12H16ClN3O3S. The molecule has 0 aromatic carbocycles. The van der Waals surface area contributed by atoms with Gasteiger partial charge in [0.25, 0.3) is 0 Å². The predicted molar refractivity (Wildman–Crippen MR) is 74.8 cm³/mol. The van der Waals surface area contributed by atoms with Crippen molar-refractivity contribution >= 4 is 27.5 Å². The van der Waals surface area contributed by atoms with E-state index in [0.29, 0.717) is 13.1 Å². The second-order valence-electron chi connectivity index (χ2n) is 4.67. The van der Waals surface area contributed by atoms with E-state index in [9.17, 15) is 13.2 Å². The number of halogens is 1. The first-order chi connectivity index (χ1) is 9.42. The van der Waals surface area contributed by atoms with Crippen LogP contribution in [0.4, 0.5) is 0 Å². The topological polar surface area (TPSA) is 79.4 Å². The van der Waals surface area contributed by atoms with Crippen molar-refractivity contribution in [2.45, 2.75) is 30.7 Å². The molecule has 8 heteroatoms. The molecule has 1 atom stereocenters. The molecule has 1 aliphatic heterocycles. The maximum atomic E-state index is 12.2. The second kappa shape index (κ2) is 6.07. The highest BCUT2D eigenvalue weighted by Crippen LogP contribution is 2.18. The molecule has 1 saturated heterocycles. The van der Waals surface area contributed by atoms with Crippen LogP contribution in [0, 0.1) is 0 Å². The monoisotopic (exact) mass is 317 g/mol. The molecule has 1 N–H and O–H groups in total. The van der Waals surface area contributed by atoms with Gasteiger partial charge in [-0.2, -0.15) is 4.72 Å². The Hall–Kier alpha value is -1.18. The SMILES string of the molecule is CC(NS(=O)(=O)c1cccnc1Cl)C(=O)N1CCCC1. The zero-order valence-corrected chi connectivity index (χ0v) is 12.6. The largest absolute Gasteiger partial charge is 0.341 e. The fourth-order valence-corrected chi connectivity index (χ4v) is 3.78. The van der Waals surface area contributed by atoms with Gasteiger partial charge in [-0.05, 0) is 31.9 Å². The number of pyridine rings is 1. The van der Waals surface area contributed by atoms with Crippen molar-refractivity contribution in [1.82, 2.24) is 14.6 Å². The first kappa shape index (κ1) is 15.2. The summed E-state index contributed by atoms with van der Waals surface area (Å²) in [4.78, 5) is 17.4. The summed E-state index contributed by atoms with van der Waals surface area (Å²) in [5, 5.41) is -0.110. The molecule has 1 unspecified atom stereocenters. The number of nitrogens with one attached hydrogen (secondary N) is 1. The molecule has 6 nitrogen and oxygen atoms in total. The highest BCUT2D eigenvalue weighted by molar-refractivity contribution is 7.89. The summed E-state index contributed by atoms with van der Waals surface area (Å²) in [7, 11) is -3.86. The van der Waals surface area contributed by atoms with Crippen LogP contribution in [0.15, 0.2) is 23.2 Å². The minimum absolute atomic E-state index is 0.110. The predicted octanol–water partition coefficient (Wildman–Crippen LogP) is 1.02. The lowest BCUT2D eigenvalue weighted by molar-refractivity contribution is -0.131. The summed E-state index contributed by atoms with van der Waals surface area (Å²) in [5.41, 5.74) is 0. The summed E-state index contributed by atoms with van der Waals surface area (Å²) < 4.78 is 26.7. The van der Waals surface area contributed by atoms with Gasteiger partial charge in [0.1, 0.15) is 10.0 Å². The van der Waals surface area contributed by atoms with Crippen LogP contribution >= 0.6 is 11.6 Å². The van der Waals surface area contributed by atoms with Crippen molar-refractivity contribution in [2.24, 2.45) is 0 Å². The molecular weight excluding hydrogens is 302 g/mol. The van der Waals surface area contributed by atoms with E-state index in [4.69, 9.17) is 11.6 Å². The first-order valence-electron chi connectivity index (χ1n) is 6.33. The summed E-state index contributed by atoms with van der Waals surface area (Å²) in [6.45, 7) is 2.89. The van der Waals surface area contributed by atoms with E-state index in [1.807, 2.05) is 0 Å². The van der Waals surface area contributed by atoms with Crippen molar-refractivity contribution in [3.05, 3.63) is 23.5 Å². The van der Waals surface area contributed by atoms with E-state index in [-0.39, 0.29) is 16.0 Å². The Morgan fingerprint density at radius 3 is 2.70 bits per heavy atom. The fourth-order valence-electron chi connectivity index (χ4n) is 2.13. The molecule has 0 spiro atoms. The van der Waals surface area contributed by atoms with Gasteiger partial charge in [-0.15, -0.1) is 0 Å². The highest BCUT2D eigenvalue weighted by atomic mass is 35.5. The number of nitrogens with zero attached hydrogens (tertiary/aromatic N) is 2. The smallest absolute Gasteiger partial charge is 0.244 e. The van der Waals surface area contributed by atoms with Gasteiger partial charge in [-0.3, -0.25) is 4.79 Å². The third-order valence-corrected chi connectivity index (χ3v) is 5.12. The molecule has 1 aromatic rings. The van der Waals surface area contributed by atoms with Crippen LogP contribution in [0.3, 0.4) is 0 Å². The number of hydrogen-bond acceptors (Lipinski definition) is 4. The number of carbonyl (C=O) groups excluding carboxylic acids is 1. The first-order valence-corrected chi connectivity index (χ1v) is 8.19. The Morgan fingerprint density at radius 2 is 2.10 bits per heavy atom. The number of hydrogen-bond donors (Lipinski definition) is 1. The molecule has 2 heterocycles. The van der Waals surface area contributed by atoms with Gasteiger partial charge in [-0.1, -0.05) is 11.6 Å². The Bertz CT molecular complexity index is 600. The lowest BCUT2D eigenvalue weighted by Gasteiger charge is -2.21. The van der Waals surface area contributed by atoms with Crippen molar-refractivity contribution in [1.29, 1.82) is 0 Å². The second-order valence-corrected chi connectivity index (χ2v) is 6.71. The summed E-state index contributed by atoms with van der Waals surface area (Å²) in [5.74, 6) is -0.217. The third kappa shape index (κ3) is 3.28. The zero-order chi connectivity index (χ0) is 14.8. The van der Waals surface area contributed by atoms with Crippen LogP contribution in [-0.4, -0.2) is 43.3 Å². The Morgan fingerprint density at radius 1 is 1.45 bits per heavy atom. The number of amides is 1. The molecule has 1 amide bonds. The zero-order valence-electron chi connectivity index (χ0n) is 11.0. The minimum Gasteiger partial charge on any atom is -0.341 e. The number of aromatic nitrogens is 1. The van der Waals surface area contributed by atoms with Crippen molar-refractivity contribution < 1.29 is 13.2 Å². The van der Waals surface area contributed by atoms with Gasteiger partial charge in [0.15, 0.2) is 0 Å². The summed E-state index contributed by atoms with van der Waals surface area (Å²) in [6, 6.07) is 2.01. The molecule has 110 valence electrons. The molecule has 20 heavy (non-hydrogen) atoms. The molecule has 0 radical (unpaired) electrons. The molecule has 0 saturated carbocycles. The van der Waals surface area contributed by atoms with Crippen LogP contribution in [0.1, 0.15) is 19.8 Å². The summed E-state index contributed by atoms with van der Waals surface area (Å²) in [6.07, 6.45) is 3.32. The van der Waals surface area contributed by atoms with Gasteiger partial charge in [0, 0.05) is 19.3 Å². The van der Waals surface area contributed by atoms with Crippen LogP contribution in [0.5, 0.6) is 0 Å². The van der Waals surface area contributed by atoms with Crippen molar-refractivity contribution in [3.63, 3.8) is 0 Å². The van der Waals surface area contributed by atoms with Gasteiger partial charge < -0.3 is 4.90 Å². The van der Waals surface area contributed by atoms with Gasteiger partial charge in [0.2, 0.25) is 15.9 Å². The van der Waals surface area contributed by atoms with Crippen molar-refractivity contribution in [2.75, 3.05) is 13.1 Å². The Labute approximate surface area is 123 Å². The quantitative estimate of drug-likeness (QED) is 0.841. The minimum atomic E-state index is -3.86. The highest BCUT2D eigenvalue weighted by Gasteiger charge is 2.28. The van der Waals surface area contributed by atoms with Crippen LogP contribution < -0.4 is 4.72 Å². The molecule has 1 aliphatic rings. The van der Waals surface area contributed by atoms with E-state index in [0.717, 1.165) is 12.8 Å². The maximum absolute atomic E-state index is 12.2. The number of rotatable bonds is 4. The Kier molecular flexibility index (Phi) is 4.62. The molecule has 1 fully saturated rings. The standard InChI is InChI=1S/C12H16ClN3O3S/c1-9(12(17)16-7-2-3-8-16)15-20(18,19)10-5-4-6-14-11(10)13/h4-6,9,15H,2-3,7-8H2,1H3. The average Bonchev–Trinajstić information content (AvgIpc) is 2.91. The number of sulfonamides is 1. The van der Waals surface area contributed by atoms with Gasteiger partial charge in [-0.25, -0.2) is 13.4 Å². The normalized spacial score (nSPS) is 17.2. The van der Waals surface area contributed by atoms with E-state index < -0.39 is 16.1 Å². The molecule has 1 aromatic heterocycles. The molecule has 2 rings (SSSR count). The fraction of sp³-hybridized carbons (Fsp3) is 0.500. The lowest BCUT2D eigenvalue weighted by Crippen LogP contribution is -2.45. The van der Waals surface area contributed by atoms with E-state index in [1.54, 1.807) is 4.90 Å². The van der Waals surface area contributed by atoms with E-state index in [1.165, 1.54) is 25.3 Å². The average molecular weight is 318 g/mol. The third-order valence-electron chi connectivity index (χ3n) is 3.13. The summed E-state index contributed by atoms with van der Waals surface area (Å²) >= 11 is 5.77. The van der Waals surface area contributed by atoms with Gasteiger partial charge in [0.05, 0.1) is 6.04 Å². The maximum Gasteiger partial charge on any atom is 0.244 e. The lowest BCUT2D eigenvalue weighted by atomic mass is 10.3. The number of likely N-dealkylation sites (tertiary alicyclic amines) is 1. The van der Waals surface area contributed by atoms with Gasteiger partial charge >= 0.3 is 0 Å².